The van der Waals surface area contributed by atoms with Crippen molar-refractivity contribution in [3.63, 3.8) is 0 Å². The van der Waals surface area contributed by atoms with Gasteiger partial charge in [0.1, 0.15) is 16.0 Å². The van der Waals surface area contributed by atoms with Crippen LogP contribution in [0.15, 0.2) is 42.5 Å². The number of fused-ring (bicyclic) bond motifs is 1. The van der Waals surface area contributed by atoms with Gasteiger partial charge in [-0.1, -0.05) is 41.9 Å². The Morgan fingerprint density at radius 2 is 2.06 bits per heavy atom. The number of likely N-dealkylation sites (tertiary alicyclic amines) is 1. The van der Waals surface area contributed by atoms with Crippen molar-refractivity contribution in [3.05, 3.63) is 74.7 Å². The zero-order valence-corrected chi connectivity index (χ0v) is 21.3. The second-order valence-electron chi connectivity index (χ2n) is 9.13. The van der Waals surface area contributed by atoms with Crippen molar-refractivity contribution >= 4 is 45.6 Å². The van der Waals surface area contributed by atoms with E-state index in [1.54, 1.807) is 12.1 Å². The SMILES string of the molecule is O=C(Nc1sc2c(c1C(=O)O)CCNC2)c1ccc(Cl)nc1NC1CCCN(Cc2ccccc2)C1. The fourth-order valence-corrected chi connectivity index (χ4v) is 6.25. The van der Waals surface area contributed by atoms with Crippen molar-refractivity contribution in [1.82, 2.24) is 15.2 Å². The molecule has 0 saturated carbocycles. The van der Waals surface area contributed by atoms with Gasteiger partial charge in [-0.3, -0.25) is 9.69 Å². The molecule has 4 N–H and O–H groups in total. The highest BCUT2D eigenvalue weighted by Gasteiger charge is 2.28. The van der Waals surface area contributed by atoms with E-state index in [0.717, 1.165) is 49.5 Å². The first-order chi connectivity index (χ1) is 17.5. The van der Waals surface area contributed by atoms with Crippen LogP contribution >= 0.6 is 22.9 Å². The van der Waals surface area contributed by atoms with Crippen molar-refractivity contribution in [2.45, 2.75) is 38.4 Å². The molecule has 188 valence electrons. The van der Waals surface area contributed by atoms with E-state index in [4.69, 9.17) is 11.6 Å². The summed E-state index contributed by atoms with van der Waals surface area (Å²) in [5.41, 5.74) is 2.59. The number of pyridine rings is 1. The molecule has 1 aromatic carbocycles. The Labute approximate surface area is 218 Å². The van der Waals surface area contributed by atoms with Gasteiger partial charge in [0, 0.05) is 30.6 Å². The Morgan fingerprint density at radius 1 is 1.22 bits per heavy atom. The molecule has 2 aliphatic heterocycles. The predicted molar refractivity (Wildman–Crippen MR) is 142 cm³/mol. The maximum absolute atomic E-state index is 13.3. The van der Waals surface area contributed by atoms with Crippen molar-refractivity contribution in [3.8, 4) is 0 Å². The lowest BCUT2D eigenvalue weighted by Crippen LogP contribution is -2.42. The van der Waals surface area contributed by atoms with Gasteiger partial charge in [-0.15, -0.1) is 11.3 Å². The van der Waals surface area contributed by atoms with Crippen molar-refractivity contribution in [2.75, 3.05) is 30.3 Å². The van der Waals surface area contributed by atoms with E-state index in [1.807, 2.05) is 18.2 Å². The summed E-state index contributed by atoms with van der Waals surface area (Å²) in [6.07, 6.45) is 2.61. The Balaban J connectivity index is 1.33. The molecule has 0 aliphatic carbocycles. The van der Waals surface area contributed by atoms with Gasteiger partial charge in [0.15, 0.2) is 0 Å². The standard InChI is InChI=1S/C26H28ClN5O3S/c27-21-9-8-19(24(33)31-25-22(26(34)35)18-10-11-28-13-20(18)36-25)23(30-21)29-17-7-4-12-32(15-17)14-16-5-2-1-3-6-16/h1-3,5-6,8-9,17,28H,4,7,10-15H2,(H,29,30)(H,31,33)(H,34,35). The van der Waals surface area contributed by atoms with Crippen LogP contribution in [0, 0.1) is 0 Å². The van der Waals surface area contributed by atoms with E-state index in [-0.39, 0.29) is 16.8 Å². The molecule has 0 radical (unpaired) electrons. The number of hydrogen-bond donors (Lipinski definition) is 4. The quantitative estimate of drug-likeness (QED) is 0.337. The fourth-order valence-electron chi connectivity index (χ4n) is 4.90. The van der Waals surface area contributed by atoms with Gasteiger partial charge in [-0.25, -0.2) is 9.78 Å². The van der Waals surface area contributed by atoms with Gasteiger partial charge in [0.2, 0.25) is 0 Å². The van der Waals surface area contributed by atoms with Crippen LogP contribution in [0.4, 0.5) is 10.8 Å². The summed E-state index contributed by atoms with van der Waals surface area (Å²) >= 11 is 7.51. The lowest BCUT2D eigenvalue weighted by atomic mass is 10.0. The number of nitrogens with zero attached hydrogens (tertiary/aromatic N) is 2. The summed E-state index contributed by atoms with van der Waals surface area (Å²) in [6, 6.07) is 13.7. The molecule has 2 aliphatic rings. The molecule has 1 fully saturated rings. The molecule has 1 saturated heterocycles. The van der Waals surface area contributed by atoms with Crippen LogP contribution < -0.4 is 16.0 Å². The second-order valence-corrected chi connectivity index (χ2v) is 10.6. The van der Waals surface area contributed by atoms with Crippen LogP contribution in [-0.2, 0) is 19.5 Å². The number of carboxylic acids is 1. The van der Waals surface area contributed by atoms with E-state index in [2.05, 4.69) is 38.0 Å². The molecule has 1 atom stereocenters. The van der Waals surface area contributed by atoms with Gasteiger partial charge >= 0.3 is 5.97 Å². The number of aromatic nitrogens is 1. The van der Waals surface area contributed by atoms with Crippen molar-refractivity contribution < 1.29 is 14.7 Å². The van der Waals surface area contributed by atoms with Gasteiger partial charge in [0.25, 0.3) is 5.91 Å². The molecule has 5 rings (SSSR count). The van der Waals surface area contributed by atoms with Crippen LogP contribution in [0.3, 0.4) is 0 Å². The van der Waals surface area contributed by atoms with Crippen LogP contribution in [0.25, 0.3) is 0 Å². The molecule has 3 aromatic rings. The highest BCUT2D eigenvalue weighted by atomic mass is 35.5. The van der Waals surface area contributed by atoms with E-state index in [0.29, 0.717) is 29.3 Å². The number of amides is 1. The number of benzene rings is 1. The number of carboxylic acid groups (broad SMARTS) is 1. The molecule has 1 unspecified atom stereocenters. The van der Waals surface area contributed by atoms with E-state index >= 15 is 0 Å². The van der Waals surface area contributed by atoms with Crippen LogP contribution in [0.5, 0.6) is 0 Å². The topological polar surface area (TPSA) is 107 Å². The lowest BCUT2D eigenvalue weighted by molar-refractivity contribution is 0.0697. The molecule has 2 aromatic heterocycles. The number of carbonyl (C=O) groups excluding carboxylic acids is 1. The first-order valence-corrected chi connectivity index (χ1v) is 13.3. The number of nitrogens with one attached hydrogen (secondary N) is 3. The summed E-state index contributed by atoms with van der Waals surface area (Å²) in [7, 11) is 0. The largest absolute Gasteiger partial charge is 0.478 e. The number of hydrogen-bond acceptors (Lipinski definition) is 7. The monoisotopic (exact) mass is 525 g/mol. The van der Waals surface area contributed by atoms with Gasteiger partial charge < -0.3 is 21.1 Å². The maximum Gasteiger partial charge on any atom is 0.339 e. The molecular weight excluding hydrogens is 498 g/mol. The first kappa shape index (κ1) is 24.7. The Bertz CT molecular complexity index is 1270. The third kappa shape index (κ3) is 5.54. The lowest BCUT2D eigenvalue weighted by Gasteiger charge is -2.33. The Hall–Kier alpha value is -2.98. The predicted octanol–water partition coefficient (Wildman–Crippen LogP) is 4.47. The number of rotatable bonds is 7. The summed E-state index contributed by atoms with van der Waals surface area (Å²) in [5.74, 6) is -1.03. The molecule has 8 nitrogen and oxygen atoms in total. The average Bonchev–Trinajstić information content (AvgIpc) is 3.23. The summed E-state index contributed by atoms with van der Waals surface area (Å²) in [6.45, 7) is 4.02. The number of carbonyl (C=O) groups is 2. The van der Waals surface area contributed by atoms with Crippen molar-refractivity contribution in [1.29, 1.82) is 0 Å². The summed E-state index contributed by atoms with van der Waals surface area (Å²) in [4.78, 5) is 33.1. The zero-order chi connectivity index (χ0) is 25.1. The van der Waals surface area contributed by atoms with Gasteiger partial charge in [0.05, 0.1) is 11.1 Å². The van der Waals surface area contributed by atoms with Crippen LogP contribution in [0.1, 0.15) is 49.6 Å². The molecule has 0 spiro atoms. The third-order valence-electron chi connectivity index (χ3n) is 6.57. The molecule has 1 amide bonds. The number of aromatic carboxylic acids is 1. The average molecular weight is 526 g/mol. The van der Waals surface area contributed by atoms with E-state index in [1.165, 1.54) is 16.9 Å². The molecule has 10 heteroatoms. The van der Waals surface area contributed by atoms with Crippen molar-refractivity contribution in [2.24, 2.45) is 0 Å². The van der Waals surface area contributed by atoms with Gasteiger partial charge in [-0.2, -0.15) is 0 Å². The fraction of sp³-hybridized carbons (Fsp3) is 0.346. The maximum atomic E-state index is 13.3. The smallest absolute Gasteiger partial charge is 0.339 e. The highest BCUT2D eigenvalue weighted by Crippen LogP contribution is 2.36. The minimum atomic E-state index is -1.03. The third-order valence-corrected chi connectivity index (χ3v) is 7.93. The number of thiophene rings is 1. The molecule has 4 heterocycles. The normalized spacial score (nSPS) is 17.9. The summed E-state index contributed by atoms with van der Waals surface area (Å²) in [5, 5.41) is 20.0. The minimum absolute atomic E-state index is 0.106. The van der Waals surface area contributed by atoms with E-state index < -0.39 is 11.9 Å². The van der Waals surface area contributed by atoms with E-state index in [9.17, 15) is 14.7 Å². The number of anilines is 2. The molecular formula is C26H28ClN5O3S. The number of piperidine rings is 1. The Kier molecular flexibility index (Phi) is 7.52. The number of halogens is 1. The molecule has 36 heavy (non-hydrogen) atoms. The second kappa shape index (κ2) is 11.0. The first-order valence-electron chi connectivity index (χ1n) is 12.1. The zero-order valence-electron chi connectivity index (χ0n) is 19.7. The van der Waals surface area contributed by atoms with Gasteiger partial charge in [-0.05, 0) is 55.6 Å². The molecule has 0 bridgehead atoms. The highest BCUT2D eigenvalue weighted by molar-refractivity contribution is 7.17. The minimum Gasteiger partial charge on any atom is -0.478 e. The van der Waals surface area contributed by atoms with Crippen LogP contribution in [0.2, 0.25) is 5.15 Å². The van der Waals surface area contributed by atoms with Crippen LogP contribution in [-0.4, -0.2) is 52.5 Å². The summed E-state index contributed by atoms with van der Waals surface area (Å²) < 4.78 is 0. The Morgan fingerprint density at radius 3 is 2.86 bits per heavy atom.